The van der Waals surface area contributed by atoms with Crippen LogP contribution in [0.5, 0.6) is 0 Å². The van der Waals surface area contributed by atoms with E-state index in [1.165, 1.54) is 34.6 Å². The quantitative estimate of drug-likeness (QED) is 0.190. The number of carbonyl (C=O) groups is 2. The number of amides is 2. The van der Waals surface area contributed by atoms with Gasteiger partial charge in [0.1, 0.15) is 0 Å². The lowest BCUT2D eigenvalue weighted by atomic mass is 10.1. The monoisotopic (exact) mass is 577 g/mol. The molecule has 0 radical (unpaired) electrons. The van der Waals surface area contributed by atoms with Gasteiger partial charge in [0.2, 0.25) is 5.91 Å². The van der Waals surface area contributed by atoms with E-state index in [2.05, 4.69) is 39.9 Å². The summed E-state index contributed by atoms with van der Waals surface area (Å²) in [6.07, 6.45) is 0. The van der Waals surface area contributed by atoms with Crippen molar-refractivity contribution in [3.63, 3.8) is 0 Å². The molecule has 0 saturated heterocycles. The Bertz CT molecular complexity index is 1640. The number of halogens is 2. The smallest absolute Gasteiger partial charge is 0.257 e. The van der Waals surface area contributed by atoms with Crippen LogP contribution in [0.4, 0.5) is 10.8 Å². The van der Waals surface area contributed by atoms with E-state index in [9.17, 15) is 9.59 Å². The molecule has 0 spiro atoms. The van der Waals surface area contributed by atoms with Crippen molar-refractivity contribution in [2.24, 2.45) is 0 Å². The molecule has 5 aromatic rings. The van der Waals surface area contributed by atoms with Gasteiger partial charge < -0.3 is 10.6 Å². The van der Waals surface area contributed by atoms with E-state index in [4.69, 9.17) is 23.2 Å². The van der Waals surface area contributed by atoms with Gasteiger partial charge in [-0.05, 0) is 66.2 Å². The van der Waals surface area contributed by atoms with Crippen LogP contribution in [0.3, 0.4) is 0 Å². The minimum atomic E-state index is -0.351. The third-order valence-corrected chi connectivity index (χ3v) is 8.17. The summed E-state index contributed by atoms with van der Waals surface area (Å²) in [7, 11) is 0. The Morgan fingerprint density at radius 2 is 1.66 bits per heavy atom. The van der Waals surface area contributed by atoms with Crippen molar-refractivity contribution < 1.29 is 9.59 Å². The molecule has 4 aromatic carbocycles. The van der Waals surface area contributed by atoms with Crippen molar-refractivity contribution in [1.82, 2.24) is 4.98 Å². The maximum Gasteiger partial charge on any atom is 0.257 e. The molecule has 190 valence electrons. The van der Waals surface area contributed by atoms with E-state index in [0.29, 0.717) is 21.4 Å². The summed E-state index contributed by atoms with van der Waals surface area (Å²) in [6, 6.07) is 26.4. The van der Waals surface area contributed by atoms with Crippen LogP contribution in [0.1, 0.15) is 17.3 Å². The highest BCUT2D eigenvalue weighted by atomic mass is 35.5. The number of aromatic nitrogens is 1. The van der Waals surface area contributed by atoms with Crippen LogP contribution < -0.4 is 10.6 Å². The number of rotatable bonds is 7. The Morgan fingerprint density at radius 1 is 0.895 bits per heavy atom. The lowest BCUT2D eigenvalue weighted by Gasteiger charge is -2.11. The lowest BCUT2D eigenvalue weighted by molar-refractivity contribution is -0.115. The second kappa shape index (κ2) is 11.6. The molecular formula is C29H21Cl2N3O2S2. The van der Waals surface area contributed by atoms with Crippen LogP contribution in [-0.4, -0.2) is 22.0 Å². The average molecular weight is 579 g/mol. The first kappa shape index (κ1) is 26.3. The van der Waals surface area contributed by atoms with Gasteiger partial charge in [0.25, 0.3) is 5.91 Å². The number of fused-ring (bicyclic) bond motifs is 1. The summed E-state index contributed by atoms with van der Waals surface area (Å²) in [5.74, 6) is -0.463. The molecule has 2 N–H and O–H groups in total. The predicted molar refractivity (Wildman–Crippen MR) is 160 cm³/mol. The van der Waals surface area contributed by atoms with E-state index >= 15 is 0 Å². The van der Waals surface area contributed by atoms with E-state index in [1.54, 1.807) is 24.3 Å². The maximum atomic E-state index is 12.8. The van der Waals surface area contributed by atoms with Crippen LogP contribution in [-0.2, 0) is 4.79 Å². The minimum Gasteiger partial charge on any atom is -0.322 e. The fourth-order valence-electron chi connectivity index (χ4n) is 3.77. The number of benzene rings is 4. The molecule has 0 aliphatic heterocycles. The number of hydrogen-bond acceptors (Lipinski definition) is 5. The van der Waals surface area contributed by atoms with Gasteiger partial charge in [0.15, 0.2) is 5.13 Å². The Hall–Kier alpha value is -3.36. The molecule has 1 aromatic heterocycles. The zero-order valence-corrected chi connectivity index (χ0v) is 23.2. The second-order valence-electron chi connectivity index (χ2n) is 8.45. The molecule has 0 bridgehead atoms. The Kier molecular flexibility index (Phi) is 8.00. The number of anilines is 2. The molecule has 0 saturated carbocycles. The van der Waals surface area contributed by atoms with Crippen LogP contribution in [0.25, 0.3) is 22.0 Å². The molecule has 1 unspecified atom stereocenters. The zero-order chi connectivity index (χ0) is 26.6. The Balaban J connectivity index is 1.17. The first-order valence-corrected chi connectivity index (χ1v) is 14.2. The molecule has 0 aliphatic rings. The molecule has 0 fully saturated rings. The molecule has 9 heteroatoms. The van der Waals surface area contributed by atoms with Gasteiger partial charge in [-0.3, -0.25) is 9.59 Å². The normalized spacial score (nSPS) is 11.8. The summed E-state index contributed by atoms with van der Waals surface area (Å²) in [5.41, 5.74) is 2.79. The number of nitrogens with zero attached hydrogens (tertiary/aromatic N) is 1. The lowest BCUT2D eigenvalue weighted by Crippen LogP contribution is -2.22. The average Bonchev–Trinajstić information content (AvgIpc) is 3.38. The number of thiazole rings is 1. The molecule has 2 amide bonds. The topological polar surface area (TPSA) is 71.1 Å². The van der Waals surface area contributed by atoms with Crippen LogP contribution in [0, 0.1) is 0 Å². The third-order valence-electron chi connectivity index (χ3n) is 5.75. The zero-order valence-electron chi connectivity index (χ0n) is 20.1. The van der Waals surface area contributed by atoms with Gasteiger partial charge >= 0.3 is 0 Å². The highest BCUT2D eigenvalue weighted by Crippen LogP contribution is 2.30. The second-order valence-corrected chi connectivity index (χ2v) is 11.6. The Labute approximate surface area is 238 Å². The van der Waals surface area contributed by atoms with Gasteiger partial charge in [-0.15, -0.1) is 23.1 Å². The summed E-state index contributed by atoms with van der Waals surface area (Å²) < 4.78 is 0. The van der Waals surface area contributed by atoms with E-state index in [-0.39, 0.29) is 22.1 Å². The van der Waals surface area contributed by atoms with Gasteiger partial charge in [-0.25, -0.2) is 4.98 Å². The van der Waals surface area contributed by atoms with E-state index in [0.717, 1.165) is 21.5 Å². The highest BCUT2D eigenvalue weighted by molar-refractivity contribution is 8.00. The maximum absolute atomic E-state index is 12.8. The predicted octanol–water partition coefficient (Wildman–Crippen LogP) is 8.64. The molecule has 38 heavy (non-hydrogen) atoms. The summed E-state index contributed by atoms with van der Waals surface area (Å²) in [4.78, 5) is 30.8. The van der Waals surface area contributed by atoms with E-state index < -0.39 is 0 Å². The van der Waals surface area contributed by atoms with Crippen molar-refractivity contribution in [3.8, 4) is 11.3 Å². The van der Waals surface area contributed by atoms with E-state index in [1.807, 2.05) is 42.6 Å². The summed E-state index contributed by atoms with van der Waals surface area (Å²) >= 11 is 14.8. The van der Waals surface area contributed by atoms with Gasteiger partial charge in [-0.2, -0.15) is 0 Å². The third kappa shape index (κ3) is 6.19. The SMILES string of the molecule is CC(Sc1ccc(NC(=O)c2ccc(Cl)cc2Cl)cc1)C(=O)Nc1nc(-c2ccc3ccccc3c2)cs1. The Morgan fingerprint density at radius 3 is 2.42 bits per heavy atom. The van der Waals surface area contributed by atoms with Crippen molar-refractivity contribution in [2.75, 3.05) is 10.6 Å². The van der Waals surface area contributed by atoms with Crippen molar-refractivity contribution in [3.05, 3.63) is 106 Å². The number of thioether (sulfide) groups is 1. The fourth-order valence-corrected chi connectivity index (χ4v) is 5.85. The molecule has 0 aliphatic carbocycles. The fraction of sp³-hybridized carbons (Fsp3) is 0.0690. The van der Waals surface area contributed by atoms with Crippen LogP contribution in [0.2, 0.25) is 10.0 Å². The van der Waals surface area contributed by atoms with Crippen LogP contribution in [0.15, 0.2) is 95.2 Å². The molecule has 5 nitrogen and oxygen atoms in total. The standard InChI is InChI=1S/C29H21Cl2N3O2S2/c1-17(38-23-11-9-22(10-12-23)32-28(36)24-13-8-21(30)15-25(24)31)27(35)34-29-33-26(16-37-29)20-7-6-18-4-2-3-5-19(18)14-20/h2-17H,1H3,(H,32,36)(H,33,34,35). The molecule has 5 rings (SSSR count). The summed E-state index contributed by atoms with van der Waals surface area (Å²) in [6.45, 7) is 1.84. The van der Waals surface area contributed by atoms with Crippen molar-refractivity contribution in [2.45, 2.75) is 17.1 Å². The molecule has 1 heterocycles. The van der Waals surface area contributed by atoms with Crippen molar-refractivity contribution in [1.29, 1.82) is 0 Å². The number of hydrogen-bond donors (Lipinski definition) is 2. The number of nitrogens with one attached hydrogen (secondary N) is 2. The largest absolute Gasteiger partial charge is 0.322 e. The van der Waals surface area contributed by atoms with Gasteiger partial charge in [0, 0.05) is 26.5 Å². The summed E-state index contributed by atoms with van der Waals surface area (Å²) in [5, 5.41) is 11.0. The highest BCUT2D eigenvalue weighted by Gasteiger charge is 2.17. The first-order valence-electron chi connectivity index (χ1n) is 11.6. The van der Waals surface area contributed by atoms with Crippen LogP contribution >= 0.6 is 46.3 Å². The van der Waals surface area contributed by atoms with Gasteiger partial charge in [-0.1, -0.05) is 59.6 Å². The molecular weight excluding hydrogens is 557 g/mol. The molecule has 1 atom stereocenters. The number of carbonyl (C=O) groups excluding carboxylic acids is 2. The van der Waals surface area contributed by atoms with Gasteiger partial charge in [0.05, 0.1) is 21.5 Å². The van der Waals surface area contributed by atoms with Crippen molar-refractivity contribution >= 4 is 79.7 Å². The first-order chi connectivity index (χ1) is 18.4. The minimum absolute atomic E-state index is 0.135.